The number of benzene rings is 2. The van der Waals surface area contributed by atoms with Gasteiger partial charge in [0.25, 0.3) is 5.91 Å². The van der Waals surface area contributed by atoms with Crippen molar-refractivity contribution in [1.82, 2.24) is 10.3 Å². The minimum absolute atomic E-state index is 0.0141. The van der Waals surface area contributed by atoms with Crippen LogP contribution in [0.3, 0.4) is 0 Å². The molecule has 0 radical (unpaired) electrons. The Morgan fingerprint density at radius 1 is 1.14 bits per heavy atom. The fraction of sp³-hybridized carbons (Fsp3) is 0.227. The summed E-state index contributed by atoms with van der Waals surface area (Å²) < 4.78 is 18.6. The maximum atomic E-state index is 13.6. The van der Waals surface area contributed by atoms with Gasteiger partial charge in [-0.3, -0.25) is 14.6 Å². The van der Waals surface area contributed by atoms with Gasteiger partial charge in [0.05, 0.1) is 30.1 Å². The Morgan fingerprint density at radius 3 is 2.61 bits per heavy atom. The van der Waals surface area contributed by atoms with Crippen LogP contribution < -0.4 is 5.32 Å². The number of rotatable bonds is 6. The van der Waals surface area contributed by atoms with Crippen LogP contribution in [0.4, 0.5) is 4.39 Å². The maximum absolute atomic E-state index is 13.6. The van der Waals surface area contributed by atoms with Crippen molar-refractivity contribution in [2.45, 2.75) is 26.3 Å². The van der Waals surface area contributed by atoms with Crippen molar-refractivity contribution < 1.29 is 18.7 Å². The number of ether oxygens (including phenoxy) is 1. The quantitative estimate of drug-likeness (QED) is 0.654. The van der Waals surface area contributed by atoms with Crippen molar-refractivity contribution >= 4 is 22.8 Å². The highest BCUT2D eigenvalue weighted by atomic mass is 19.1. The van der Waals surface area contributed by atoms with Gasteiger partial charge < -0.3 is 10.1 Å². The SMILES string of the molecule is CCOC(=O)CC(NC(=O)c1cc(C)nc2cc(F)ccc12)c1ccccc1. The summed E-state index contributed by atoms with van der Waals surface area (Å²) in [5.41, 5.74) is 2.19. The minimum Gasteiger partial charge on any atom is -0.466 e. The fourth-order valence-electron chi connectivity index (χ4n) is 3.08. The smallest absolute Gasteiger partial charge is 0.308 e. The van der Waals surface area contributed by atoms with E-state index in [1.165, 1.54) is 18.2 Å². The molecule has 0 spiro atoms. The van der Waals surface area contributed by atoms with Gasteiger partial charge in [-0.15, -0.1) is 0 Å². The highest BCUT2D eigenvalue weighted by Gasteiger charge is 2.21. The summed E-state index contributed by atoms with van der Waals surface area (Å²) in [6, 6.07) is 14.5. The molecule has 3 aromatic rings. The second-order valence-corrected chi connectivity index (χ2v) is 6.42. The van der Waals surface area contributed by atoms with Crippen molar-refractivity contribution in [2.75, 3.05) is 6.61 Å². The number of carbonyl (C=O) groups is 2. The van der Waals surface area contributed by atoms with E-state index in [4.69, 9.17) is 4.74 Å². The number of pyridine rings is 1. The Morgan fingerprint density at radius 2 is 1.89 bits per heavy atom. The van der Waals surface area contributed by atoms with Crippen molar-refractivity contribution in [1.29, 1.82) is 0 Å². The van der Waals surface area contributed by atoms with E-state index in [9.17, 15) is 14.0 Å². The van der Waals surface area contributed by atoms with Crippen LogP contribution in [0.15, 0.2) is 54.6 Å². The van der Waals surface area contributed by atoms with Gasteiger partial charge in [0.15, 0.2) is 0 Å². The molecule has 144 valence electrons. The molecule has 28 heavy (non-hydrogen) atoms. The molecular weight excluding hydrogens is 359 g/mol. The molecule has 1 heterocycles. The summed E-state index contributed by atoms with van der Waals surface area (Å²) in [6.45, 7) is 3.75. The van der Waals surface area contributed by atoms with Crippen LogP contribution in [-0.2, 0) is 9.53 Å². The lowest BCUT2D eigenvalue weighted by atomic mass is 10.0. The molecule has 1 atom stereocenters. The van der Waals surface area contributed by atoms with Crippen molar-refractivity contribution in [2.24, 2.45) is 0 Å². The predicted molar refractivity (Wildman–Crippen MR) is 104 cm³/mol. The molecule has 1 aromatic heterocycles. The summed E-state index contributed by atoms with van der Waals surface area (Å²) >= 11 is 0. The van der Waals surface area contributed by atoms with E-state index in [1.54, 1.807) is 19.9 Å². The number of halogens is 1. The lowest BCUT2D eigenvalue weighted by Gasteiger charge is -2.19. The summed E-state index contributed by atoms with van der Waals surface area (Å²) in [5, 5.41) is 3.46. The lowest BCUT2D eigenvalue weighted by Crippen LogP contribution is -2.31. The van der Waals surface area contributed by atoms with E-state index in [2.05, 4.69) is 10.3 Å². The molecule has 3 rings (SSSR count). The van der Waals surface area contributed by atoms with Crippen LogP contribution >= 0.6 is 0 Å². The van der Waals surface area contributed by atoms with Gasteiger partial charge >= 0.3 is 5.97 Å². The molecule has 0 bridgehead atoms. The Bertz CT molecular complexity index is 1000. The third-order valence-corrected chi connectivity index (χ3v) is 4.33. The molecule has 1 N–H and O–H groups in total. The van der Waals surface area contributed by atoms with Gasteiger partial charge in [-0.05, 0) is 37.6 Å². The van der Waals surface area contributed by atoms with E-state index >= 15 is 0 Å². The summed E-state index contributed by atoms with van der Waals surface area (Å²) in [7, 11) is 0. The van der Waals surface area contributed by atoms with Crippen LogP contribution in [0.2, 0.25) is 0 Å². The van der Waals surface area contributed by atoms with Gasteiger partial charge in [0.1, 0.15) is 5.82 Å². The largest absolute Gasteiger partial charge is 0.466 e. The van der Waals surface area contributed by atoms with E-state index in [0.717, 1.165) is 5.56 Å². The van der Waals surface area contributed by atoms with Crippen LogP contribution in [0.5, 0.6) is 0 Å². The number of hydrogen-bond acceptors (Lipinski definition) is 4. The van der Waals surface area contributed by atoms with E-state index < -0.39 is 17.8 Å². The Kier molecular flexibility index (Phi) is 5.99. The molecule has 0 saturated heterocycles. The second kappa shape index (κ2) is 8.61. The molecule has 0 saturated carbocycles. The zero-order chi connectivity index (χ0) is 20.1. The molecule has 0 aliphatic heterocycles. The number of nitrogens with one attached hydrogen (secondary N) is 1. The van der Waals surface area contributed by atoms with Gasteiger partial charge in [0.2, 0.25) is 0 Å². The topological polar surface area (TPSA) is 68.3 Å². The van der Waals surface area contributed by atoms with E-state index in [1.807, 2.05) is 30.3 Å². The molecule has 6 heteroatoms. The summed E-state index contributed by atoms with van der Waals surface area (Å²) in [4.78, 5) is 29.4. The molecule has 0 aliphatic carbocycles. The normalized spacial score (nSPS) is 11.8. The van der Waals surface area contributed by atoms with Crippen LogP contribution in [0.25, 0.3) is 10.9 Å². The average molecular weight is 380 g/mol. The average Bonchev–Trinajstić information content (AvgIpc) is 2.67. The number of nitrogens with zero attached hydrogens (tertiary/aromatic N) is 1. The number of esters is 1. The molecule has 0 fully saturated rings. The van der Waals surface area contributed by atoms with Crippen molar-refractivity contribution in [3.63, 3.8) is 0 Å². The molecule has 5 nitrogen and oxygen atoms in total. The highest BCUT2D eigenvalue weighted by molar-refractivity contribution is 6.06. The first kappa shape index (κ1) is 19.5. The molecule has 1 amide bonds. The molecular formula is C22H21FN2O3. The number of aryl methyl sites for hydroxylation is 1. The van der Waals surface area contributed by atoms with E-state index in [0.29, 0.717) is 22.2 Å². The first-order valence-corrected chi connectivity index (χ1v) is 9.06. The van der Waals surface area contributed by atoms with Gasteiger partial charge in [-0.1, -0.05) is 30.3 Å². The minimum atomic E-state index is -0.545. The van der Waals surface area contributed by atoms with Crippen molar-refractivity contribution in [3.8, 4) is 0 Å². The van der Waals surface area contributed by atoms with E-state index in [-0.39, 0.29) is 18.9 Å². The molecule has 0 aliphatic rings. The van der Waals surface area contributed by atoms with Crippen LogP contribution in [0, 0.1) is 12.7 Å². The predicted octanol–water partition coefficient (Wildman–Crippen LogP) is 4.11. The zero-order valence-corrected chi connectivity index (χ0v) is 15.7. The standard InChI is InChI=1S/C22H21FN2O3/c1-3-28-21(26)13-19(15-7-5-4-6-8-15)25-22(27)18-11-14(2)24-20-12-16(23)9-10-17(18)20/h4-12,19H,3,13H2,1-2H3,(H,25,27). The number of amides is 1. The lowest BCUT2D eigenvalue weighted by molar-refractivity contribution is -0.143. The van der Waals surface area contributed by atoms with Crippen molar-refractivity contribution in [3.05, 3.63) is 77.2 Å². The van der Waals surface area contributed by atoms with Crippen LogP contribution in [-0.4, -0.2) is 23.5 Å². The fourth-order valence-corrected chi connectivity index (χ4v) is 3.08. The van der Waals surface area contributed by atoms with Gasteiger partial charge in [0, 0.05) is 17.1 Å². The highest BCUT2D eigenvalue weighted by Crippen LogP contribution is 2.22. The summed E-state index contributed by atoms with van der Waals surface area (Å²) in [6.07, 6.45) is 0.0141. The first-order chi connectivity index (χ1) is 13.5. The Labute approximate surface area is 162 Å². The van der Waals surface area contributed by atoms with Gasteiger partial charge in [-0.2, -0.15) is 0 Å². The molecule has 1 unspecified atom stereocenters. The first-order valence-electron chi connectivity index (χ1n) is 9.06. The number of fused-ring (bicyclic) bond motifs is 1. The summed E-state index contributed by atoms with van der Waals surface area (Å²) in [5.74, 6) is -1.17. The Hall–Kier alpha value is -3.28. The van der Waals surface area contributed by atoms with Gasteiger partial charge in [-0.25, -0.2) is 4.39 Å². The number of aromatic nitrogens is 1. The zero-order valence-electron chi connectivity index (χ0n) is 15.7. The third-order valence-electron chi connectivity index (χ3n) is 4.33. The second-order valence-electron chi connectivity index (χ2n) is 6.42. The Balaban J connectivity index is 1.94. The number of hydrogen-bond donors (Lipinski definition) is 1. The molecule has 2 aromatic carbocycles. The van der Waals surface area contributed by atoms with Crippen LogP contribution in [0.1, 0.15) is 41.0 Å². The monoisotopic (exact) mass is 380 g/mol. The third kappa shape index (κ3) is 4.52. The maximum Gasteiger partial charge on any atom is 0.308 e. The number of carbonyl (C=O) groups excluding carboxylic acids is 2.